The fourth-order valence-electron chi connectivity index (χ4n) is 4.86. The molecule has 0 atom stereocenters. The molecule has 2 aromatic heterocycles. The molecule has 0 unspecified atom stereocenters. The second-order valence-corrected chi connectivity index (χ2v) is 8.19. The summed E-state index contributed by atoms with van der Waals surface area (Å²) in [6.07, 6.45) is 10.1. The minimum Gasteiger partial charge on any atom is -0.466 e. The number of imidazole rings is 1. The number of hydrogen-bond acceptors (Lipinski definition) is 5. The van der Waals surface area contributed by atoms with Crippen molar-refractivity contribution in [2.45, 2.75) is 63.8 Å². The minimum atomic E-state index is -0.413. The summed E-state index contributed by atoms with van der Waals surface area (Å²) < 4.78 is 6.26. The van der Waals surface area contributed by atoms with E-state index >= 15 is 0 Å². The van der Waals surface area contributed by atoms with Crippen LogP contribution in [0.25, 0.3) is 11.2 Å². The lowest BCUT2D eigenvalue weighted by molar-refractivity contribution is -0.134. The zero-order chi connectivity index (χ0) is 19.9. The van der Waals surface area contributed by atoms with Crippen LogP contribution >= 0.6 is 0 Å². The van der Waals surface area contributed by atoms with Gasteiger partial charge in [0.25, 0.3) is 5.56 Å². The number of esters is 1. The molecule has 3 aliphatic carbocycles. The van der Waals surface area contributed by atoms with Gasteiger partial charge in [0.05, 0.1) is 7.11 Å². The highest BCUT2D eigenvalue weighted by Gasteiger charge is 2.50. The zero-order valence-corrected chi connectivity index (χ0v) is 16.3. The van der Waals surface area contributed by atoms with E-state index in [1.807, 2.05) is 13.0 Å². The lowest BCUT2D eigenvalue weighted by atomic mass is 9.53. The first-order valence-corrected chi connectivity index (χ1v) is 9.92. The molecule has 2 heterocycles. The molecule has 150 valence electrons. The number of allylic oxidation sites excluding steroid dienone is 1. The number of methoxy groups -OCH3 is 1. The van der Waals surface area contributed by atoms with E-state index in [0.29, 0.717) is 17.7 Å². The Morgan fingerprint density at radius 3 is 2.46 bits per heavy atom. The van der Waals surface area contributed by atoms with E-state index in [4.69, 9.17) is 9.72 Å². The Balaban J connectivity index is 1.67. The van der Waals surface area contributed by atoms with Crippen molar-refractivity contribution in [2.24, 2.45) is 5.41 Å². The van der Waals surface area contributed by atoms with Crippen LogP contribution in [0.4, 0.5) is 0 Å². The van der Waals surface area contributed by atoms with Gasteiger partial charge in [0.15, 0.2) is 5.65 Å². The largest absolute Gasteiger partial charge is 0.466 e. The van der Waals surface area contributed by atoms with E-state index in [2.05, 4.69) is 9.97 Å². The number of nitrogens with one attached hydrogen (secondary N) is 2. The van der Waals surface area contributed by atoms with Gasteiger partial charge >= 0.3 is 11.7 Å². The average Bonchev–Trinajstić information content (AvgIpc) is 3.17. The number of aromatic nitrogens is 4. The third-order valence-electron chi connectivity index (χ3n) is 6.66. The molecule has 0 radical (unpaired) electrons. The first kappa shape index (κ1) is 18.7. The van der Waals surface area contributed by atoms with Gasteiger partial charge in [0.2, 0.25) is 0 Å². The van der Waals surface area contributed by atoms with Gasteiger partial charge in [0.1, 0.15) is 11.3 Å². The molecule has 28 heavy (non-hydrogen) atoms. The second-order valence-electron chi connectivity index (χ2n) is 8.19. The predicted molar refractivity (Wildman–Crippen MR) is 104 cm³/mol. The monoisotopic (exact) mass is 386 g/mol. The molecule has 2 bridgehead atoms. The van der Waals surface area contributed by atoms with Crippen molar-refractivity contribution in [2.75, 3.05) is 7.11 Å². The molecular formula is C20H26N4O4. The molecule has 2 N–H and O–H groups in total. The van der Waals surface area contributed by atoms with Gasteiger partial charge in [-0.15, -0.1) is 0 Å². The summed E-state index contributed by atoms with van der Waals surface area (Å²) in [6.45, 7) is 2.50. The van der Waals surface area contributed by atoms with Crippen LogP contribution in [0.3, 0.4) is 0 Å². The zero-order valence-electron chi connectivity index (χ0n) is 16.3. The second kappa shape index (κ2) is 6.76. The molecule has 0 aromatic carbocycles. The molecule has 3 aliphatic rings. The Morgan fingerprint density at radius 1 is 1.18 bits per heavy atom. The number of carbonyl (C=O) groups is 1. The van der Waals surface area contributed by atoms with E-state index in [9.17, 15) is 14.4 Å². The number of hydrogen-bond donors (Lipinski definition) is 2. The van der Waals surface area contributed by atoms with Gasteiger partial charge in [-0.3, -0.25) is 14.3 Å². The summed E-state index contributed by atoms with van der Waals surface area (Å²) in [4.78, 5) is 46.3. The number of H-pyrrole nitrogens is 2. The topological polar surface area (TPSA) is 110 Å². The first-order chi connectivity index (χ1) is 13.4. The van der Waals surface area contributed by atoms with Crippen LogP contribution in [0.5, 0.6) is 0 Å². The first-order valence-electron chi connectivity index (χ1n) is 9.92. The highest BCUT2D eigenvalue weighted by Crippen LogP contribution is 2.57. The summed E-state index contributed by atoms with van der Waals surface area (Å²) in [5, 5.41) is 0. The molecule has 8 heteroatoms. The van der Waals surface area contributed by atoms with Crippen molar-refractivity contribution in [3.63, 3.8) is 0 Å². The lowest BCUT2D eigenvalue weighted by Crippen LogP contribution is -2.44. The molecule has 0 saturated heterocycles. The van der Waals surface area contributed by atoms with Crippen LogP contribution in [-0.4, -0.2) is 32.6 Å². The predicted octanol–water partition coefficient (Wildman–Crippen LogP) is 2.14. The Labute approximate surface area is 162 Å². The van der Waals surface area contributed by atoms with E-state index < -0.39 is 11.2 Å². The van der Waals surface area contributed by atoms with Crippen LogP contribution in [0.15, 0.2) is 21.7 Å². The van der Waals surface area contributed by atoms with Crippen LogP contribution in [0.1, 0.15) is 57.7 Å². The number of aryl methyl sites for hydroxylation is 1. The van der Waals surface area contributed by atoms with Crippen LogP contribution in [-0.2, 0) is 21.5 Å². The van der Waals surface area contributed by atoms with Gasteiger partial charge in [0, 0.05) is 18.0 Å². The molecule has 0 aliphatic heterocycles. The average molecular weight is 386 g/mol. The maximum atomic E-state index is 12.3. The van der Waals surface area contributed by atoms with E-state index in [1.54, 1.807) is 10.6 Å². The van der Waals surface area contributed by atoms with Crippen LogP contribution in [0.2, 0.25) is 0 Å². The molecular weight excluding hydrogens is 360 g/mol. The third kappa shape index (κ3) is 2.91. The summed E-state index contributed by atoms with van der Waals surface area (Å²) in [5.41, 5.74) is -0.0413. The molecule has 0 amide bonds. The molecule has 3 fully saturated rings. The summed E-state index contributed by atoms with van der Waals surface area (Å²) in [5.74, 6) is 0.496. The van der Waals surface area contributed by atoms with Crippen molar-refractivity contribution in [1.29, 1.82) is 0 Å². The van der Waals surface area contributed by atoms with Gasteiger partial charge in [-0.2, -0.15) is 0 Å². The fraction of sp³-hybridized carbons (Fsp3) is 0.600. The number of rotatable bonds is 5. The third-order valence-corrected chi connectivity index (χ3v) is 6.66. The Kier molecular flexibility index (Phi) is 4.51. The number of ether oxygens (including phenoxy) is 1. The summed E-state index contributed by atoms with van der Waals surface area (Å²) in [7, 11) is 1.39. The smallest absolute Gasteiger partial charge is 0.330 e. The summed E-state index contributed by atoms with van der Waals surface area (Å²) in [6, 6.07) is 0. The number of aromatic amines is 2. The van der Waals surface area contributed by atoms with E-state index in [0.717, 1.165) is 50.8 Å². The van der Waals surface area contributed by atoms with E-state index in [1.165, 1.54) is 7.11 Å². The SMILES string of the molecule is CCCn1c(=O)[nH]c(=O)c2[nH]c(C34CCC(C=CC(=O)OC)(CC3)CC4)nc21. The standard InChI is InChI=1S/C20H26N4O4/c1-3-12-24-15-14(16(26)23-18(24)27)21-17(22-15)20-9-6-19(7-10-20,8-11-20)5-4-13(25)28-2/h4-5H,3,6-12H2,1-2H3,(H,21,22)(H,23,26,27). The fourth-order valence-corrected chi connectivity index (χ4v) is 4.86. The number of nitrogens with zero attached hydrogens (tertiary/aromatic N) is 2. The number of fused-ring (bicyclic) bond motifs is 4. The van der Waals surface area contributed by atoms with Crippen LogP contribution < -0.4 is 11.2 Å². The van der Waals surface area contributed by atoms with Crippen molar-refractivity contribution in [3.8, 4) is 0 Å². The summed E-state index contributed by atoms with van der Waals surface area (Å²) >= 11 is 0. The molecule has 3 saturated carbocycles. The Morgan fingerprint density at radius 2 is 1.86 bits per heavy atom. The van der Waals surface area contributed by atoms with E-state index in [-0.39, 0.29) is 16.8 Å². The quantitative estimate of drug-likeness (QED) is 0.604. The van der Waals surface area contributed by atoms with Crippen molar-refractivity contribution in [1.82, 2.24) is 19.5 Å². The minimum absolute atomic E-state index is 0.0454. The molecule has 8 nitrogen and oxygen atoms in total. The normalized spacial score (nSPS) is 26.9. The number of carbonyl (C=O) groups excluding carboxylic acids is 1. The van der Waals surface area contributed by atoms with Crippen LogP contribution in [0, 0.1) is 5.41 Å². The van der Waals surface area contributed by atoms with Gasteiger partial charge in [-0.05, 0) is 50.4 Å². The molecule has 5 rings (SSSR count). The van der Waals surface area contributed by atoms with Gasteiger partial charge in [-0.25, -0.2) is 14.6 Å². The Bertz CT molecular complexity index is 1030. The maximum absolute atomic E-state index is 12.3. The van der Waals surface area contributed by atoms with Crippen molar-refractivity contribution < 1.29 is 9.53 Å². The van der Waals surface area contributed by atoms with Crippen molar-refractivity contribution in [3.05, 3.63) is 38.8 Å². The van der Waals surface area contributed by atoms with Crippen molar-refractivity contribution >= 4 is 17.1 Å². The van der Waals surface area contributed by atoms with Gasteiger partial charge in [-0.1, -0.05) is 13.0 Å². The highest BCUT2D eigenvalue weighted by molar-refractivity contribution is 5.81. The van der Waals surface area contributed by atoms with Gasteiger partial charge < -0.3 is 9.72 Å². The Hall–Kier alpha value is -2.64. The molecule has 2 aromatic rings. The highest BCUT2D eigenvalue weighted by atomic mass is 16.5. The lowest BCUT2D eigenvalue weighted by Gasteiger charge is -2.51. The molecule has 0 spiro atoms. The maximum Gasteiger partial charge on any atom is 0.330 e.